The molecule has 5 atom stereocenters. The Bertz CT molecular complexity index is 498. The van der Waals surface area contributed by atoms with E-state index in [1.807, 2.05) is 0 Å². The predicted octanol–water partition coefficient (Wildman–Crippen LogP) is 5.18. The molecule has 21 heavy (non-hydrogen) atoms. The van der Waals surface area contributed by atoms with E-state index in [1.165, 1.54) is 12.0 Å². The third kappa shape index (κ3) is 2.24. The Kier molecular flexibility index (Phi) is 3.66. The molecule has 0 unspecified atom stereocenters. The van der Waals surface area contributed by atoms with E-state index in [-0.39, 0.29) is 5.41 Å². The van der Waals surface area contributed by atoms with Gasteiger partial charge in [-0.05, 0) is 62.2 Å². The molecule has 0 saturated heterocycles. The average molecular weight is 286 g/mol. The minimum absolute atomic E-state index is 0.109. The highest BCUT2D eigenvalue weighted by Gasteiger charge is 2.54. The van der Waals surface area contributed by atoms with Gasteiger partial charge in [0.1, 0.15) is 5.78 Å². The summed E-state index contributed by atoms with van der Waals surface area (Å²) in [5.74, 6) is 3.44. The summed E-state index contributed by atoms with van der Waals surface area (Å²) in [7, 11) is 0. The average Bonchev–Trinajstić information content (AvgIpc) is 2.87. The van der Waals surface area contributed by atoms with E-state index in [0.717, 1.165) is 25.7 Å². The zero-order chi connectivity index (χ0) is 15.4. The van der Waals surface area contributed by atoms with Crippen LogP contribution in [0.4, 0.5) is 0 Å². The normalized spacial score (nSPS) is 45.9. The van der Waals surface area contributed by atoms with Gasteiger partial charge < -0.3 is 0 Å². The molecule has 0 aromatic carbocycles. The van der Waals surface area contributed by atoms with Gasteiger partial charge in [-0.25, -0.2) is 0 Å². The van der Waals surface area contributed by atoms with Crippen LogP contribution in [0.25, 0.3) is 0 Å². The van der Waals surface area contributed by atoms with Crippen LogP contribution in [0.2, 0.25) is 0 Å². The minimum Gasteiger partial charge on any atom is -0.299 e. The van der Waals surface area contributed by atoms with Crippen LogP contribution in [0.15, 0.2) is 23.8 Å². The lowest BCUT2D eigenvalue weighted by Gasteiger charge is -2.39. The van der Waals surface area contributed by atoms with Gasteiger partial charge in [0.25, 0.3) is 0 Å². The van der Waals surface area contributed by atoms with E-state index < -0.39 is 0 Å². The largest absolute Gasteiger partial charge is 0.299 e. The maximum atomic E-state index is 12.8. The second-order valence-electron chi connectivity index (χ2n) is 8.36. The highest BCUT2D eigenvalue weighted by molar-refractivity contribution is 5.87. The van der Waals surface area contributed by atoms with Crippen molar-refractivity contribution in [2.24, 2.45) is 35.0 Å². The van der Waals surface area contributed by atoms with Crippen molar-refractivity contribution in [1.29, 1.82) is 0 Å². The van der Waals surface area contributed by atoms with Crippen molar-refractivity contribution < 1.29 is 4.79 Å². The molecule has 3 aliphatic rings. The number of hydrogen-bond donors (Lipinski definition) is 0. The summed E-state index contributed by atoms with van der Waals surface area (Å²) in [5.41, 5.74) is 2.85. The van der Waals surface area contributed by atoms with Gasteiger partial charge >= 0.3 is 0 Å². The van der Waals surface area contributed by atoms with Crippen LogP contribution in [0.1, 0.15) is 59.8 Å². The van der Waals surface area contributed by atoms with Crippen LogP contribution >= 0.6 is 0 Å². The Hall–Kier alpha value is -0.850. The SMILES string of the molecule is C=C1CC[C@H]2/C(C)=C\C[C@@H]3[C@H](C(C)C)CC(=O)[C@@]3(C)C[C@@H]12. The number of carbonyl (C=O) groups is 1. The number of hydrogen-bond acceptors (Lipinski definition) is 1. The van der Waals surface area contributed by atoms with Crippen LogP contribution < -0.4 is 0 Å². The monoisotopic (exact) mass is 286 g/mol. The van der Waals surface area contributed by atoms with Crippen LogP contribution in [-0.4, -0.2) is 5.78 Å². The summed E-state index contributed by atoms with van der Waals surface area (Å²) in [4.78, 5) is 12.8. The Labute approximate surface area is 129 Å². The molecule has 0 aromatic rings. The third-order valence-corrected chi connectivity index (χ3v) is 6.96. The van der Waals surface area contributed by atoms with Crippen molar-refractivity contribution in [3.63, 3.8) is 0 Å². The molecule has 0 radical (unpaired) electrons. The molecular weight excluding hydrogens is 256 g/mol. The van der Waals surface area contributed by atoms with Crippen LogP contribution in [0.5, 0.6) is 0 Å². The Morgan fingerprint density at radius 1 is 1.33 bits per heavy atom. The molecule has 0 N–H and O–H groups in total. The van der Waals surface area contributed by atoms with Gasteiger partial charge in [0.15, 0.2) is 0 Å². The van der Waals surface area contributed by atoms with E-state index in [9.17, 15) is 4.79 Å². The lowest BCUT2D eigenvalue weighted by molar-refractivity contribution is -0.127. The van der Waals surface area contributed by atoms with Crippen LogP contribution in [-0.2, 0) is 4.79 Å². The van der Waals surface area contributed by atoms with E-state index in [1.54, 1.807) is 5.57 Å². The number of carbonyl (C=O) groups excluding carboxylic acids is 1. The van der Waals surface area contributed by atoms with Gasteiger partial charge in [0, 0.05) is 11.8 Å². The topological polar surface area (TPSA) is 17.1 Å². The third-order valence-electron chi connectivity index (χ3n) is 6.96. The zero-order valence-corrected chi connectivity index (χ0v) is 14.1. The molecule has 2 saturated carbocycles. The molecule has 0 amide bonds. The highest BCUT2D eigenvalue weighted by Crippen LogP contribution is 2.57. The Morgan fingerprint density at radius 2 is 2.05 bits per heavy atom. The van der Waals surface area contributed by atoms with Crippen molar-refractivity contribution >= 4 is 5.78 Å². The van der Waals surface area contributed by atoms with Crippen molar-refractivity contribution in [1.82, 2.24) is 0 Å². The summed E-state index contributed by atoms with van der Waals surface area (Å²) >= 11 is 0. The zero-order valence-electron chi connectivity index (χ0n) is 14.1. The molecule has 0 aromatic heterocycles. The second kappa shape index (κ2) is 5.11. The molecule has 0 heterocycles. The van der Waals surface area contributed by atoms with E-state index >= 15 is 0 Å². The number of Topliss-reactive ketones (excluding diaryl/α,β-unsaturated/α-hetero) is 1. The molecule has 1 heteroatoms. The molecule has 116 valence electrons. The van der Waals surface area contributed by atoms with Crippen LogP contribution in [0.3, 0.4) is 0 Å². The first-order valence-electron chi connectivity index (χ1n) is 8.72. The van der Waals surface area contributed by atoms with Gasteiger partial charge in [0.05, 0.1) is 0 Å². The molecule has 0 spiro atoms. The summed E-state index contributed by atoms with van der Waals surface area (Å²) in [6, 6.07) is 0. The minimum atomic E-state index is -0.109. The quantitative estimate of drug-likeness (QED) is 0.607. The predicted molar refractivity (Wildman–Crippen MR) is 87.9 cm³/mol. The highest BCUT2D eigenvalue weighted by atomic mass is 16.1. The first-order valence-corrected chi connectivity index (χ1v) is 8.72. The Morgan fingerprint density at radius 3 is 2.71 bits per heavy atom. The van der Waals surface area contributed by atoms with Crippen molar-refractivity contribution in [2.45, 2.75) is 59.8 Å². The number of fused-ring (bicyclic) bond motifs is 2. The number of rotatable bonds is 1. The fourth-order valence-corrected chi connectivity index (χ4v) is 5.43. The molecular formula is C20H30O. The van der Waals surface area contributed by atoms with Crippen LogP contribution in [0, 0.1) is 35.0 Å². The summed E-state index contributed by atoms with van der Waals surface area (Å²) < 4.78 is 0. The maximum absolute atomic E-state index is 12.8. The summed E-state index contributed by atoms with van der Waals surface area (Å²) in [5, 5.41) is 0. The first kappa shape index (κ1) is 15.1. The van der Waals surface area contributed by atoms with Gasteiger partial charge in [-0.3, -0.25) is 4.79 Å². The lowest BCUT2D eigenvalue weighted by Crippen LogP contribution is -2.36. The molecule has 2 fully saturated rings. The number of ketones is 1. The fraction of sp³-hybridized carbons (Fsp3) is 0.750. The van der Waals surface area contributed by atoms with E-state index in [0.29, 0.717) is 35.4 Å². The summed E-state index contributed by atoms with van der Waals surface area (Å²) in [6.07, 6.45) is 7.82. The molecule has 3 aliphatic carbocycles. The molecule has 3 rings (SSSR count). The molecule has 0 bridgehead atoms. The standard InChI is InChI=1S/C20H30O/c1-12(2)16-10-19(21)20(5)11-17-14(4)6-8-15(17)13(3)7-9-18(16)20/h7,12,15-18H,4,6,8-11H2,1-3,5H3/b13-7-/t15-,16-,17-,18+,20-/m0/s1. The van der Waals surface area contributed by atoms with E-state index in [2.05, 4.69) is 40.3 Å². The van der Waals surface area contributed by atoms with Gasteiger partial charge in [0.2, 0.25) is 0 Å². The maximum Gasteiger partial charge on any atom is 0.139 e. The Balaban J connectivity index is 2.01. The van der Waals surface area contributed by atoms with Crippen molar-refractivity contribution in [3.8, 4) is 0 Å². The van der Waals surface area contributed by atoms with Gasteiger partial charge in [-0.2, -0.15) is 0 Å². The van der Waals surface area contributed by atoms with Gasteiger partial charge in [-0.1, -0.05) is 44.6 Å². The van der Waals surface area contributed by atoms with E-state index in [4.69, 9.17) is 0 Å². The fourth-order valence-electron chi connectivity index (χ4n) is 5.43. The second-order valence-corrected chi connectivity index (χ2v) is 8.36. The smallest absolute Gasteiger partial charge is 0.139 e. The van der Waals surface area contributed by atoms with Crippen molar-refractivity contribution in [3.05, 3.63) is 23.8 Å². The number of allylic oxidation sites excluding steroid dienone is 3. The summed E-state index contributed by atoms with van der Waals surface area (Å²) in [6.45, 7) is 13.5. The molecule has 0 aliphatic heterocycles. The molecule has 1 nitrogen and oxygen atoms in total. The van der Waals surface area contributed by atoms with Gasteiger partial charge in [-0.15, -0.1) is 0 Å². The lowest BCUT2D eigenvalue weighted by atomic mass is 9.64. The first-order chi connectivity index (χ1) is 9.84. The van der Waals surface area contributed by atoms with Crippen molar-refractivity contribution in [2.75, 3.05) is 0 Å².